The van der Waals surface area contributed by atoms with Gasteiger partial charge in [0.25, 0.3) is 0 Å². The van der Waals surface area contributed by atoms with Crippen molar-refractivity contribution in [3.63, 3.8) is 0 Å². The van der Waals surface area contributed by atoms with Crippen LogP contribution in [0.2, 0.25) is 0 Å². The van der Waals surface area contributed by atoms with E-state index in [9.17, 15) is 0 Å². The Morgan fingerprint density at radius 2 is 2.43 bits per heavy atom. The lowest BCUT2D eigenvalue weighted by Crippen LogP contribution is -1.86. The molecule has 0 aliphatic carbocycles. The fourth-order valence-corrected chi connectivity index (χ4v) is 1.94. The van der Waals surface area contributed by atoms with Crippen molar-refractivity contribution in [1.82, 2.24) is 0 Å². The van der Waals surface area contributed by atoms with Crippen molar-refractivity contribution in [3.05, 3.63) is 12.2 Å². The molecule has 1 aliphatic rings. The van der Waals surface area contributed by atoms with E-state index in [-0.39, 0.29) is 0 Å². The van der Waals surface area contributed by atoms with E-state index < -0.39 is 0 Å². The van der Waals surface area contributed by atoms with Crippen LogP contribution in [0.4, 0.5) is 0 Å². The molecule has 2 unspecified atom stereocenters. The second kappa shape index (κ2) is 1.96. The first-order chi connectivity index (χ1) is 3.30. The van der Waals surface area contributed by atoms with Crippen molar-refractivity contribution < 1.29 is 0 Å². The predicted octanol–water partition coefficient (Wildman–Crippen LogP) is 2.06. The van der Waals surface area contributed by atoms with Gasteiger partial charge in [-0.15, -0.1) is 0 Å². The van der Waals surface area contributed by atoms with Crippen molar-refractivity contribution in [2.75, 3.05) is 12.8 Å². The molecule has 0 aromatic heterocycles. The standard InChI is InChI=1S/C6H11P/c1-6-4-3-5-7(6)2/h3-4,6H,5H2,1-2H3. The highest BCUT2D eigenvalue weighted by Crippen LogP contribution is 2.41. The van der Waals surface area contributed by atoms with Crippen LogP contribution in [0.1, 0.15) is 6.92 Å². The number of hydrogen-bond donors (Lipinski definition) is 0. The summed E-state index contributed by atoms with van der Waals surface area (Å²) in [5.74, 6) is 0. The normalized spacial score (nSPS) is 39.7. The van der Waals surface area contributed by atoms with Gasteiger partial charge in [-0.2, -0.15) is 0 Å². The molecular weight excluding hydrogens is 103 g/mol. The molecule has 40 valence electrons. The molecule has 7 heavy (non-hydrogen) atoms. The second-order valence-electron chi connectivity index (χ2n) is 2.11. The monoisotopic (exact) mass is 114 g/mol. The third-order valence-corrected chi connectivity index (χ3v) is 3.85. The van der Waals surface area contributed by atoms with Crippen molar-refractivity contribution >= 4 is 7.92 Å². The minimum Gasteiger partial charge on any atom is -0.0993 e. The van der Waals surface area contributed by atoms with E-state index in [0.29, 0.717) is 7.92 Å². The maximum atomic E-state index is 2.36. The van der Waals surface area contributed by atoms with E-state index in [2.05, 4.69) is 25.7 Å². The Balaban J connectivity index is 2.45. The molecule has 2 atom stereocenters. The molecule has 1 heterocycles. The zero-order chi connectivity index (χ0) is 5.28. The molecule has 0 N–H and O–H groups in total. The minimum atomic E-state index is 0.363. The van der Waals surface area contributed by atoms with Crippen LogP contribution in [-0.2, 0) is 0 Å². The Kier molecular flexibility index (Phi) is 1.49. The lowest BCUT2D eigenvalue weighted by atomic mass is 10.4. The highest BCUT2D eigenvalue weighted by Gasteiger charge is 2.10. The van der Waals surface area contributed by atoms with E-state index >= 15 is 0 Å². The van der Waals surface area contributed by atoms with E-state index in [1.807, 2.05) is 0 Å². The first-order valence-electron chi connectivity index (χ1n) is 2.67. The quantitative estimate of drug-likeness (QED) is 0.334. The van der Waals surface area contributed by atoms with Gasteiger partial charge < -0.3 is 0 Å². The Bertz CT molecular complexity index is 86.2. The van der Waals surface area contributed by atoms with Gasteiger partial charge in [-0.25, -0.2) is 0 Å². The summed E-state index contributed by atoms with van der Waals surface area (Å²) in [6, 6.07) is 0. The van der Waals surface area contributed by atoms with Crippen LogP contribution in [0.5, 0.6) is 0 Å². The fraction of sp³-hybridized carbons (Fsp3) is 0.667. The molecule has 0 bridgehead atoms. The summed E-state index contributed by atoms with van der Waals surface area (Å²) >= 11 is 0. The fourth-order valence-electron chi connectivity index (χ4n) is 0.737. The van der Waals surface area contributed by atoms with Gasteiger partial charge in [0.05, 0.1) is 0 Å². The van der Waals surface area contributed by atoms with Gasteiger partial charge in [0.2, 0.25) is 0 Å². The molecular formula is C6H11P. The van der Waals surface area contributed by atoms with Crippen molar-refractivity contribution in [2.24, 2.45) is 0 Å². The summed E-state index contributed by atoms with van der Waals surface area (Å²) in [6.45, 7) is 4.66. The van der Waals surface area contributed by atoms with Gasteiger partial charge in [0.15, 0.2) is 0 Å². The average molecular weight is 114 g/mol. The van der Waals surface area contributed by atoms with Crippen LogP contribution in [-0.4, -0.2) is 18.5 Å². The number of rotatable bonds is 0. The van der Waals surface area contributed by atoms with Gasteiger partial charge in [0.1, 0.15) is 0 Å². The summed E-state index contributed by atoms with van der Waals surface area (Å²) in [5, 5.41) is 0. The van der Waals surface area contributed by atoms with Crippen LogP contribution in [0.3, 0.4) is 0 Å². The summed E-state index contributed by atoms with van der Waals surface area (Å²) in [7, 11) is 0.363. The van der Waals surface area contributed by atoms with Crippen LogP contribution >= 0.6 is 7.92 Å². The lowest BCUT2D eigenvalue weighted by molar-refractivity contribution is 1.25. The molecule has 0 aromatic carbocycles. The molecule has 0 saturated carbocycles. The Labute approximate surface area is 46.4 Å². The summed E-state index contributed by atoms with van der Waals surface area (Å²) in [4.78, 5) is 0. The van der Waals surface area contributed by atoms with Crippen molar-refractivity contribution in [3.8, 4) is 0 Å². The SMILES string of the molecule is CC1C=CCP1C. The molecule has 1 heteroatoms. The molecule has 0 spiro atoms. The largest absolute Gasteiger partial charge is 0.0993 e. The number of allylic oxidation sites excluding steroid dienone is 2. The predicted molar refractivity (Wildman–Crippen MR) is 36.3 cm³/mol. The van der Waals surface area contributed by atoms with Crippen LogP contribution in [0.15, 0.2) is 12.2 Å². The van der Waals surface area contributed by atoms with E-state index in [1.165, 1.54) is 6.16 Å². The van der Waals surface area contributed by atoms with Gasteiger partial charge in [-0.3, -0.25) is 0 Å². The van der Waals surface area contributed by atoms with E-state index in [4.69, 9.17) is 0 Å². The molecule has 0 saturated heterocycles. The highest BCUT2D eigenvalue weighted by molar-refractivity contribution is 7.58. The van der Waals surface area contributed by atoms with Crippen LogP contribution in [0.25, 0.3) is 0 Å². The maximum Gasteiger partial charge on any atom is -0.00575 e. The zero-order valence-electron chi connectivity index (χ0n) is 4.89. The molecule has 0 aromatic rings. The van der Waals surface area contributed by atoms with Gasteiger partial charge in [-0.05, 0) is 18.5 Å². The third kappa shape index (κ3) is 1.04. The lowest BCUT2D eigenvalue weighted by Gasteiger charge is -2.06. The maximum absolute atomic E-state index is 2.36. The number of hydrogen-bond acceptors (Lipinski definition) is 0. The van der Waals surface area contributed by atoms with Gasteiger partial charge >= 0.3 is 0 Å². The smallest absolute Gasteiger partial charge is 0.00575 e. The molecule has 0 fully saturated rings. The van der Waals surface area contributed by atoms with Crippen LogP contribution in [0, 0.1) is 0 Å². The molecule has 0 radical (unpaired) electrons. The average Bonchev–Trinajstić information content (AvgIpc) is 1.91. The van der Waals surface area contributed by atoms with Crippen LogP contribution < -0.4 is 0 Å². The highest BCUT2D eigenvalue weighted by atomic mass is 31.1. The summed E-state index contributed by atoms with van der Waals surface area (Å²) < 4.78 is 0. The second-order valence-corrected chi connectivity index (χ2v) is 4.80. The topological polar surface area (TPSA) is 0 Å². The molecule has 1 aliphatic heterocycles. The first-order valence-corrected chi connectivity index (χ1v) is 4.72. The first kappa shape index (κ1) is 5.31. The zero-order valence-corrected chi connectivity index (χ0v) is 5.78. The third-order valence-electron chi connectivity index (χ3n) is 1.50. The van der Waals surface area contributed by atoms with Crippen molar-refractivity contribution in [1.29, 1.82) is 0 Å². The Morgan fingerprint density at radius 1 is 1.71 bits per heavy atom. The Hall–Kier alpha value is 0.170. The Morgan fingerprint density at radius 3 is 2.57 bits per heavy atom. The summed E-state index contributed by atoms with van der Waals surface area (Å²) in [6.07, 6.45) is 5.98. The molecule has 1 rings (SSSR count). The van der Waals surface area contributed by atoms with Crippen molar-refractivity contribution in [2.45, 2.75) is 12.6 Å². The minimum absolute atomic E-state index is 0.363. The van der Waals surface area contributed by atoms with Gasteiger partial charge in [-0.1, -0.05) is 27.0 Å². The molecule has 0 amide bonds. The van der Waals surface area contributed by atoms with Gasteiger partial charge in [0, 0.05) is 0 Å². The molecule has 0 nitrogen and oxygen atoms in total. The van der Waals surface area contributed by atoms with E-state index in [1.54, 1.807) is 0 Å². The summed E-state index contributed by atoms with van der Waals surface area (Å²) in [5.41, 5.74) is 0.898. The van der Waals surface area contributed by atoms with E-state index in [0.717, 1.165) is 5.66 Å².